The van der Waals surface area contributed by atoms with Crippen molar-refractivity contribution in [1.29, 1.82) is 0 Å². The molecule has 0 aliphatic heterocycles. The number of hydrogen-bond acceptors (Lipinski definition) is 2. The van der Waals surface area contributed by atoms with Crippen LogP contribution in [0.2, 0.25) is 0 Å². The van der Waals surface area contributed by atoms with Gasteiger partial charge in [-0.05, 0) is 26.2 Å². The van der Waals surface area contributed by atoms with Gasteiger partial charge in [-0.2, -0.15) is 5.10 Å². The lowest BCUT2D eigenvalue weighted by Gasteiger charge is -2.04. The number of rotatable bonds is 2. The Morgan fingerprint density at radius 3 is 2.27 bits per heavy atom. The standard InChI is InChI=1S/C12H21N3/c1-6-15-8(3)9(7(2)14-15)10-11(13)12(10,4)5/h10-11H,6,13H2,1-5H3/t10-,11-/m1/s1. The summed E-state index contributed by atoms with van der Waals surface area (Å²) in [5, 5.41) is 4.55. The molecule has 3 heteroatoms. The van der Waals surface area contributed by atoms with Gasteiger partial charge < -0.3 is 5.73 Å². The SMILES string of the molecule is CCn1nc(C)c([C@@H]2[C@@H](N)C2(C)C)c1C. The molecule has 0 amide bonds. The summed E-state index contributed by atoms with van der Waals surface area (Å²) in [4.78, 5) is 0. The highest BCUT2D eigenvalue weighted by atomic mass is 15.3. The second-order valence-corrected chi connectivity index (χ2v) is 5.23. The quantitative estimate of drug-likeness (QED) is 0.805. The van der Waals surface area contributed by atoms with Crippen molar-refractivity contribution in [2.45, 2.75) is 53.1 Å². The molecule has 15 heavy (non-hydrogen) atoms. The van der Waals surface area contributed by atoms with Crippen LogP contribution < -0.4 is 5.73 Å². The number of nitrogens with two attached hydrogens (primary N) is 1. The Morgan fingerprint density at radius 1 is 1.40 bits per heavy atom. The summed E-state index contributed by atoms with van der Waals surface area (Å²) in [6.45, 7) is 11.8. The molecule has 0 bridgehead atoms. The third kappa shape index (κ3) is 1.33. The van der Waals surface area contributed by atoms with Gasteiger partial charge in [0.15, 0.2) is 0 Å². The Kier molecular flexibility index (Phi) is 2.19. The first-order valence-electron chi connectivity index (χ1n) is 5.70. The normalized spacial score (nSPS) is 28.1. The third-order valence-corrected chi connectivity index (χ3v) is 3.96. The molecule has 1 saturated carbocycles. The summed E-state index contributed by atoms with van der Waals surface area (Å²) in [6.07, 6.45) is 0. The van der Waals surface area contributed by atoms with Crippen LogP contribution in [0.3, 0.4) is 0 Å². The lowest BCUT2D eigenvalue weighted by molar-refractivity contribution is 0.596. The molecule has 0 radical (unpaired) electrons. The molecule has 1 aliphatic carbocycles. The second-order valence-electron chi connectivity index (χ2n) is 5.23. The van der Waals surface area contributed by atoms with E-state index in [0.29, 0.717) is 12.0 Å². The van der Waals surface area contributed by atoms with E-state index in [9.17, 15) is 0 Å². The van der Waals surface area contributed by atoms with E-state index in [0.717, 1.165) is 12.2 Å². The molecule has 3 nitrogen and oxygen atoms in total. The number of nitrogens with zero attached hydrogens (tertiary/aromatic N) is 2. The predicted molar refractivity (Wildman–Crippen MR) is 61.9 cm³/mol. The first-order valence-corrected chi connectivity index (χ1v) is 5.70. The summed E-state index contributed by atoms with van der Waals surface area (Å²) >= 11 is 0. The molecule has 2 atom stereocenters. The molecule has 2 rings (SSSR count). The highest BCUT2D eigenvalue weighted by molar-refractivity contribution is 5.39. The zero-order valence-corrected chi connectivity index (χ0v) is 10.3. The molecule has 0 unspecified atom stereocenters. The van der Waals surface area contributed by atoms with Gasteiger partial charge in [-0.25, -0.2) is 0 Å². The first-order chi connectivity index (χ1) is 6.91. The molecule has 84 valence electrons. The maximum absolute atomic E-state index is 6.13. The minimum Gasteiger partial charge on any atom is -0.327 e. The van der Waals surface area contributed by atoms with Crippen LogP contribution in [0.25, 0.3) is 0 Å². The fourth-order valence-corrected chi connectivity index (χ4v) is 2.70. The van der Waals surface area contributed by atoms with Crippen molar-refractivity contribution in [2.75, 3.05) is 0 Å². The maximum Gasteiger partial charge on any atom is 0.0632 e. The fraction of sp³-hybridized carbons (Fsp3) is 0.750. The summed E-state index contributed by atoms with van der Waals surface area (Å²) in [5.41, 5.74) is 10.2. The second kappa shape index (κ2) is 3.08. The van der Waals surface area contributed by atoms with E-state index in [2.05, 4.69) is 44.4 Å². The molecule has 0 aromatic carbocycles. The Morgan fingerprint density at radius 2 is 1.93 bits per heavy atom. The number of hydrogen-bond donors (Lipinski definition) is 1. The number of aromatic nitrogens is 2. The first kappa shape index (κ1) is 10.7. The Hall–Kier alpha value is -0.830. The van der Waals surface area contributed by atoms with Gasteiger partial charge in [-0.1, -0.05) is 13.8 Å². The zero-order valence-electron chi connectivity index (χ0n) is 10.3. The van der Waals surface area contributed by atoms with Gasteiger partial charge in [-0.15, -0.1) is 0 Å². The van der Waals surface area contributed by atoms with Crippen molar-refractivity contribution in [1.82, 2.24) is 9.78 Å². The lowest BCUT2D eigenvalue weighted by Crippen LogP contribution is -2.06. The van der Waals surface area contributed by atoms with Crippen LogP contribution in [0.1, 0.15) is 43.6 Å². The van der Waals surface area contributed by atoms with Gasteiger partial charge in [0.2, 0.25) is 0 Å². The Bertz CT molecular complexity index is 390. The third-order valence-electron chi connectivity index (χ3n) is 3.96. The van der Waals surface area contributed by atoms with Crippen molar-refractivity contribution in [3.8, 4) is 0 Å². The minimum absolute atomic E-state index is 0.247. The maximum atomic E-state index is 6.13. The van der Waals surface area contributed by atoms with E-state index in [1.807, 2.05) is 0 Å². The van der Waals surface area contributed by atoms with Gasteiger partial charge in [0.1, 0.15) is 0 Å². The molecular weight excluding hydrogens is 186 g/mol. The van der Waals surface area contributed by atoms with Crippen LogP contribution in [0, 0.1) is 19.3 Å². The average molecular weight is 207 g/mol. The van der Waals surface area contributed by atoms with E-state index in [4.69, 9.17) is 5.73 Å². The monoisotopic (exact) mass is 207 g/mol. The van der Waals surface area contributed by atoms with Crippen LogP contribution in [-0.2, 0) is 6.54 Å². The summed E-state index contributed by atoms with van der Waals surface area (Å²) in [7, 11) is 0. The molecule has 0 saturated heterocycles. The van der Waals surface area contributed by atoms with E-state index in [-0.39, 0.29) is 5.41 Å². The molecule has 1 aromatic heterocycles. The molecule has 1 aliphatic rings. The van der Waals surface area contributed by atoms with Crippen molar-refractivity contribution in [3.63, 3.8) is 0 Å². The molecule has 1 fully saturated rings. The van der Waals surface area contributed by atoms with E-state index in [1.54, 1.807) is 0 Å². The molecule has 2 N–H and O–H groups in total. The fourth-order valence-electron chi connectivity index (χ4n) is 2.70. The predicted octanol–water partition coefficient (Wildman–Crippen LogP) is 1.97. The summed E-state index contributed by atoms with van der Waals surface area (Å²) in [5.74, 6) is 0.498. The van der Waals surface area contributed by atoms with E-state index >= 15 is 0 Å². The van der Waals surface area contributed by atoms with Crippen LogP contribution in [-0.4, -0.2) is 15.8 Å². The minimum atomic E-state index is 0.247. The largest absolute Gasteiger partial charge is 0.327 e. The van der Waals surface area contributed by atoms with Gasteiger partial charge in [0.05, 0.1) is 5.69 Å². The van der Waals surface area contributed by atoms with Crippen molar-refractivity contribution in [2.24, 2.45) is 11.1 Å². The Labute approximate surface area is 91.7 Å². The van der Waals surface area contributed by atoms with Crippen LogP contribution >= 0.6 is 0 Å². The van der Waals surface area contributed by atoms with E-state index < -0.39 is 0 Å². The zero-order chi connectivity index (χ0) is 11.4. The van der Waals surface area contributed by atoms with E-state index in [1.165, 1.54) is 11.3 Å². The van der Waals surface area contributed by atoms with Gasteiger partial charge in [0, 0.05) is 29.8 Å². The lowest BCUT2D eigenvalue weighted by atomic mass is 10.0. The van der Waals surface area contributed by atoms with Gasteiger partial charge in [-0.3, -0.25) is 4.68 Å². The topological polar surface area (TPSA) is 43.8 Å². The van der Waals surface area contributed by atoms with Gasteiger partial charge in [0.25, 0.3) is 0 Å². The van der Waals surface area contributed by atoms with Crippen LogP contribution in [0.4, 0.5) is 0 Å². The smallest absolute Gasteiger partial charge is 0.0632 e. The summed E-state index contributed by atoms with van der Waals surface area (Å²) < 4.78 is 2.08. The summed E-state index contributed by atoms with van der Waals surface area (Å²) in [6, 6.07) is 0.296. The highest BCUT2D eigenvalue weighted by Crippen LogP contribution is 2.58. The Balaban J connectivity index is 2.42. The van der Waals surface area contributed by atoms with Crippen molar-refractivity contribution < 1.29 is 0 Å². The molecule has 1 heterocycles. The molecule has 1 aromatic rings. The van der Waals surface area contributed by atoms with Gasteiger partial charge >= 0.3 is 0 Å². The van der Waals surface area contributed by atoms with Crippen LogP contribution in [0.15, 0.2) is 0 Å². The van der Waals surface area contributed by atoms with Crippen LogP contribution in [0.5, 0.6) is 0 Å². The highest BCUT2D eigenvalue weighted by Gasteiger charge is 2.57. The van der Waals surface area contributed by atoms with Crippen molar-refractivity contribution >= 4 is 0 Å². The molecule has 0 spiro atoms. The molecular formula is C12H21N3. The number of aryl methyl sites for hydroxylation is 2. The average Bonchev–Trinajstić information content (AvgIpc) is 2.53. The van der Waals surface area contributed by atoms with Crippen molar-refractivity contribution in [3.05, 3.63) is 17.0 Å².